The normalized spacial score (nSPS) is 12.8. The third-order valence-electron chi connectivity index (χ3n) is 1.56. The van der Waals surface area contributed by atoms with Gasteiger partial charge in [0.25, 0.3) is 0 Å². The van der Waals surface area contributed by atoms with Gasteiger partial charge in [0.1, 0.15) is 6.04 Å². The molecular formula is C7H9IN2O2. The van der Waals surface area contributed by atoms with Crippen molar-refractivity contribution < 1.29 is 9.90 Å². The van der Waals surface area contributed by atoms with Gasteiger partial charge in [-0.2, -0.15) is 5.10 Å². The summed E-state index contributed by atoms with van der Waals surface area (Å²) in [5, 5.41) is 12.7. The maximum atomic E-state index is 10.7. The lowest BCUT2D eigenvalue weighted by molar-refractivity contribution is -0.141. The summed E-state index contributed by atoms with van der Waals surface area (Å²) in [6, 6.07) is -0.534. The fourth-order valence-electron chi connectivity index (χ4n) is 0.960. The van der Waals surface area contributed by atoms with Crippen molar-refractivity contribution in [3.05, 3.63) is 16.0 Å². The zero-order valence-electron chi connectivity index (χ0n) is 6.57. The SMILES string of the molecule is CC[C@@H](C(=O)O)n1cc(I)cn1. The van der Waals surface area contributed by atoms with E-state index in [0.717, 1.165) is 3.57 Å². The molecule has 0 saturated carbocycles. The molecule has 0 fully saturated rings. The van der Waals surface area contributed by atoms with Gasteiger partial charge in [0.15, 0.2) is 0 Å². The largest absolute Gasteiger partial charge is 0.480 e. The van der Waals surface area contributed by atoms with Crippen molar-refractivity contribution in [1.29, 1.82) is 0 Å². The quantitative estimate of drug-likeness (QED) is 0.854. The van der Waals surface area contributed by atoms with Gasteiger partial charge >= 0.3 is 5.97 Å². The first-order valence-electron chi connectivity index (χ1n) is 3.57. The Morgan fingerprint density at radius 3 is 2.92 bits per heavy atom. The van der Waals surface area contributed by atoms with E-state index in [1.54, 1.807) is 12.4 Å². The molecule has 0 aliphatic heterocycles. The molecule has 1 atom stereocenters. The summed E-state index contributed by atoms with van der Waals surface area (Å²) in [6.45, 7) is 1.83. The van der Waals surface area contributed by atoms with Crippen LogP contribution in [0.25, 0.3) is 0 Å². The van der Waals surface area contributed by atoms with Crippen LogP contribution in [-0.4, -0.2) is 20.9 Å². The van der Waals surface area contributed by atoms with Crippen molar-refractivity contribution in [3.63, 3.8) is 0 Å². The van der Waals surface area contributed by atoms with Gasteiger partial charge in [-0.05, 0) is 29.0 Å². The van der Waals surface area contributed by atoms with E-state index in [-0.39, 0.29) is 0 Å². The monoisotopic (exact) mass is 280 g/mol. The standard InChI is InChI=1S/C7H9IN2O2/c1-2-6(7(11)12)10-4-5(8)3-9-10/h3-4,6H,2H2,1H3,(H,11,12)/t6-/m0/s1. The highest BCUT2D eigenvalue weighted by Crippen LogP contribution is 2.12. The van der Waals surface area contributed by atoms with Crippen LogP contribution in [0.3, 0.4) is 0 Å². The van der Waals surface area contributed by atoms with Gasteiger partial charge in [-0.25, -0.2) is 4.79 Å². The maximum Gasteiger partial charge on any atom is 0.328 e. The number of carboxylic acids is 1. The number of halogens is 1. The average Bonchev–Trinajstić information content (AvgIpc) is 2.37. The third-order valence-corrected chi connectivity index (χ3v) is 2.12. The first-order valence-corrected chi connectivity index (χ1v) is 4.65. The second-order valence-electron chi connectivity index (χ2n) is 2.40. The van der Waals surface area contributed by atoms with Crippen LogP contribution in [0, 0.1) is 3.57 Å². The molecule has 1 heterocycles. The zero-order valence-corrected chi connectivity index (χ0v) is 8.72. The van der Waals surface area contributed by atoms with E-state index >= 15 is 0 Å². The molecule has 0 amide bonds. The third kappa shape index (κ3) is 1.96. The molecule has 5 heteroatoms. The highest BCUT2D eigenvalue weighted by atomic mass is 127. The summed E-state index contributed by atoms with van der Waals surface area (Å²) in [5.41, 5.74) is 0. The van der Waals surface area contributed by atoms with Crippen molar-refractivity contribution in [3.8, 4) is 0 Å². The predicted octanol–water partition coefficient (Wildman–Crippen LogP) is 1.52. The summed E-state index contributed by atoms with van der Waals surface area (Å²) in [5.74, 6) is -0.836. The fourth-order valence-corrected chi connectivity index (χ4v) is 1.37. The van der Waals surface area contributed by atoms with Crippen molar-refractivity contribution in [2.45, 2.75) is 19.4 Å². The number of hydrogen-bond acceptors (Lipinski definition) is 2. The summed E-state index contributed by atoms with van der Waals surface area (Å²) in [6.07, 6.45) is 3.92. The number of aromatic nitrogens is 2. The Morgan fingerprint density at radius 2 is 2.58 bits per heavy atom. The number of rotatable bonds is 3. The smallest absolute Gasteiger partial charge is 0.328 e. The molecule has 0 aromatic carbocycles. The van der Waals surface area contributed by atoms with E-state index in [1.807, 2.05) is 6.92 Å². The molecular weight excluding hydrogens is 271 g/mol. The van der Waals surface area contributed by atoms with E-state index < -0.39 is 12.0 Å². The van der Waals surface area contributed by atoms with Gasteiger partial charge in [-0.1, -0.05) is 6.92 Å². The first-order chi connectivity index (χ1) is 5.65. The number of carboxylic acid groups (broad SMARTS) is 1. The minimum Gasteiger partial charge on any atom is -0.480 e. The van der Waals surface area contributed by atoms with Gasteiger partial charge in [0.2, 0.25) is 0 Å². The molecule has 1 aromatic heterocycles. The van der Waals surface area contributed by atoms with Crippen LogP contribution >= 0.6 is 22.6 Å². The summed E-state index contributed by atoms with van der Waals surface area (Å²) < 4.78 is 2.43. The predicted molar refractivity (Wildman–Crippen MR) is 51.9 cm³/mol. The van der Waals surface area contributed by atoms with E-state index in [1.165, 1.54) is 4.68 Å². The maximum absolute atomic E-state index is 10.7. The molecule has 1 rings (SSSR count). The number of nitrogens with zero attached hydrogens (tertiary/aromatic N) is 2. The Hall–Kier alpha value is -0.590. The van der Waals surface area contributed by atoms with Crippen LogP contribution in [0.5, 0.6) is 0 Å². The van der Waals surface area contributed by atoms with Gasteiger partial charge in [-0.3, -0.25) is 4.68 Å². The highest BCUT2D eigenvalue weighted by Gasteiger charge is 2.17. The molecule has 0 bridgehead atoms. The molecule has 66 valence electrons. The number of hydrogen-bond donors (Lipinski definition) is 1. The molecule has 12 heavy (non-hydrogen) atoms. The van der Waals surface area contributed by atoms with E-state index in [9.17, 15) is 4.79 Å². The van der Waals surface area contributed by atoms with E-state index in [2.05, 4.69) is 27.7 Å². The lowest BCUT2D eigenvalue weighted by atomic mass is 10.2. The molecule has 0 spiro atoms. The van der Waals surface area contributed by atoms with Gasteiger partial charge in [0.05, 0.1) is 9.77 Å². The van der Waals surface area contributed by atoms with Crippen LogP contribution in [0.4, 0.5) is 0 Å². The molecule has 0 aliphatic rings. The lowest BCUT2D eigenvalue weighted by Crippen LogP contribution is -2.18. The Labute approximate surface area is 83.7 Å². The van der Waals surface area contributed by atoms with Gasteiger partial charge in [-0.15, -0.1) is 0 Å². The van der Waals surface area contributed by atoms with Crippen molar-refractivity contribution in [1.82, 2.24) is 9.78 Å². The van der Waals surface area contributed by atoms with Crippen LogP contribution in [0.15, 0.2) is 12.4 Å². The molecule has 4 nitrogen and oxygen atoms in total. The summed E-state index contributed by atoms with van der Waals surface area (Å²) >= 11 is 2.10. The second-order valence-corrected chi connectivity index (χ2v) is 3.65. The zero-order chi connectivity index (χ0) is 9.14. The number of aliphatic carboxylic acids is 1. The van der Waals surface area contributed by atoms with Crippen molar-refractivity contribution in [2.24, 2.45) is 0 Å². The van der Waals surface area contributed by atoms with E-state index in [0.29, 0.717) is 6.42 Å². The van der Waals surface area contributed by atoms with Crippen LogP contribution < -0.4 is 0 Å². The minimum atomic E-state index is -0.836. The Kier molecular flexibility index (Phi) is 3.07. The van der Waals surface area contributed by atoms with Crippen molar-refractivity contribution in [2.75, 3.05) is 0 Å². The molecule has 0 aliphatic carbocycles. The molecule has 0 radical (unpaired) electrons. The second kappa shape index (κ2) is 3.88. The fraction of sp³-hybridized carbons (Fsp3) is 0.429. The Morgan fingerprint density at radius 1 is 1.92 bits per heavy atom. The Balaban J connectivity index is 2.87. The minimum absolute atomic E-state index is 0.534. The topological polar surface area (TPSA) is 55.1 Å². The molecule has 0 unspecified atom stereocenters. The molecule has 1 N–H and O–H groups in total. The van der Waals surface area contributed by atoms with Crippen LogP contribution in [0.2, 0.25) is 0 Å². The average molecular weight is 280 g/mol. The van der Waals surface area contributed by atoms with Crippen LogP contribution in [0.1, 0.15) is 19.4 Å². The highest BCUT2D eigenvalue weighted by molar-refractivity contribution is 14.1. The van der Waals surface area contributed by atoms with E-state index in [4.69, 9.17) is 5.11 Å². The summed E-state index contributed by atoms with van der Waals surface area (Å²) in [7, 11) is 0. The van der Waals surface area contributed by atoms with Gasteiger partial charge < -0.3 is 5.11 Å². The van der Waals surface area contributed by atoms with Gasteiger partial charge in [0, 0.05) is 6.20 Å². The summed E-state index contributed by atoms with van der Waals surface area (Å²) in [4.78, 5) is 10.7. The lowest BCUT2D eigenvalue weighted by Gasteiger charge is -2.08. The molecule has 1 aromatic rings. The van der Waals surface area contributed by atoms with Crippen molar-refractivity contribution >= 4 is 28.6 Å². The Bertz CT molecular complexity index is 285. The molecule has 0 saturated heterocycles. The van der Waals surface area contributed by atoms with Crippen LogP contribution in [-0.2, 0) is 4.79 Å². The number of carbonyl (C=O) groups is 1. The first kappa shape index (κ1) is 9.50.